The standard InChI is InChI=1S/C14H23N3O4S/c1-14(2,3)21-13(18)16-9-10-17(22(4,19)20)11-12-7-5-6-8-15-12/h5-8H,9-11H2,1-4H3,(H,16,18). The number of alkyl carbamates (subject to hydrolysis) is 1. The summed E-state index contributed by atoms with van der Waals surface area (Å²) >= 11 is 0. The van der Waals surface area contributed by atoms with Gasteiger partial charge in [0, 0.05) is 19.3 Å². The summed E-state index contributed by atoms with van der Waals surface area (Å²) < 4.78 is 29.9. The minimum Gasteiger partial charge on any atom is -0.444 e. The van der Waals surface area contributed by atoms with E-state index >= 15 is 0 Å². The molecule has 1 heterocycles. The van der Waals surface area contributed by atoms with Gasteiger partial charge in [0.25, 0.3) is 0 Å². The van der Waals surface area contributed by atoms with E-state index in [0.717, 1.165) is 6.26 Å². The fourth-order valence-corrected chi connectivity index (χ4v) is 2.42. The molecule has 0 aromatic carbocycles. The summed E-state index contributed by atoms with van der Waals surface area (Å²) in [6.07, 6.45) is 2.16. The van der Waals surface area contributed by atoms with E-state index in [1.807, 2.05) is 0 Å². The van der Waals surface area contributed by atoms with Crippen molar-refractivity contribution in [2.45, 2.75) is 32.9 Å². The molecule has 1 N–H and O–H groups in total. The predicted molar refractivity (Wildman–Crippen MR) is 83.7 cm³/mol. The topological polar surface area (TPSA) is 88.6 Å². The maximum atomic E-state index is 11.8. The van der Waals surface area contributed by atoms with Gasteiger partial charge < -0.3 is 10.1 Å². The molecule has 0 bridgehead atoms. The van der Waals surface area contributed by atoms with Crippen LogP contribution in [0.3, 0.4) is 0 Å². The summed E-state index contributed by atoms with van der Waals surface area (Å²) in [4.78, 5) is 15.6. The molecule has 1 aromatic heterocycles. The van der Waals surface area contributed by atoms with Gasteiger partial charge in [-0.25, -0.2) is 13.2 Å². The lowest BCUT2D eigenvalue weighted by atomic mass is 10.2. The molecular weight excluding hydrogens is 306 g/mol. The lowest BCUT2D eigenvalue weighted by Crippen LogP contribution is -2.39. The molecular formula is C14H23N3O4S. The van der Waals surface area contributed by atoms with E-state index in [1.165, 1.54) is 4.31 Å². The SMILES string of the molecule is CC(C)(C)OC(=O)NCCN(Cc1ccccn1)S(C)(=O)=O. The number of amides is 1. The molecule has 0 radical (unpaired) electrons. The Kier molecular flexibility index (Phi) is 6.31. The number of hydrogen-bond donors (Lipinski definition) is 1. The summed E-state index contributed by atoms with van der Waals surface area (Å²) in [5, 5.41) is 2.54. The molecule has 1 aromatic rings. The van der Waals surface area contributed by atoms with Crippen LogP contribution in [0.1, 0.15) is 26.5 Å². The molecule has 0 atom stereocenters. The third kappa shape index (κ3) is 7.37. The zero-order chi connectivity index (χ0) is 16.8. The predicted octanol–water partition coefficient (Wildman–Crippen LogP) is 1.37. The van der Waals surface area contributed by atoms with Crippen LogP contribution in [0.15, 0.2) is 24.4 Å². The molecule has 0 aliphatic heterocycles. The molecule has 0 saturated carbocycles. The monoisotopic (exact) mass is 329 g/mol. The molecule has 0 fully saturated rings. The average molecular weight is 329 g/mol. The van der Waals surface area contributed by atoms with Crippen LogP contribution in [-0.2, 0) is 21.3 Å². The highest BCUT2D eigenvalue weighted by molar-refractivity contribution is 7.88. The summed E-state index contributed by atoms with van der Waals surface area (Å²) in [6, 6.07) is 5.31. The van der Waals surface area contributed by atoms with Crippen LogP contribution in [0.25, 0.3) is 0 Å². The Labute approximate surface area is 131 Å². The lowest BCUT2D eigenvalue weighted by Gasteiger charge is -2.22. The first kappa shape index (κ1) is 18.4. The Morgan fingerprint density at radius 1 is 1.36 bits per heavy atom. The highest BCUT2D eigenvalue weighted by Gasteiger charge is 2.19. The van der Waals surface area contributed by atoms with Gasteiger partial charge in [-0.15, -0.1) is 0 Å². The van der Waals surface area contributed by atoms with Crippen LogP contribution in [-0.4, -0.2) is 48.7 Å². The molecule has 0 saturated heterocycles. The number of hydrogen-bond acceptors (Lipinski definition) is 5. The van der Waals surface area contributed by atoms with Crippen molar-refractivity contribution in [3.8, 4) is 0 Å². The number of nitrogens with zero attached hydrogens (tertiary/aromatic N) is 2. The third-order valence-corrected chi connectivity index (χ3v) is 3.81. The minimum atomic E-state index is -3.39. The van der Waals surface area contributed by atoms with Gasteiger partial charge in [-0.3, -0.25) is 4.98 Å². The maximum absolute atomic E-state index is 11.8. The summed E-state index contributed by atoms with van der Waals surface area (Å²) in [5.74, 6) is 0. The number of carbonyl (C=O) groups is 1. The van der Waals surface area contributed by atoms with Crippen molar-refractivity contribution in [3.05, 3.63) is 30.1 Å². The number of sulfonamides is 1. The number of nitrogens with one attached hydrogen (secondary N) is 1. The van der Waals surface area contributed by atoms with Crippen molar-refractivity contribution < 1.29 is 17.9 Å². The maximum Gasteiger partial charge on any atom is 0.407 e. The van der Waals surface area contributed by atoms with Crippen molar-refractivity contribution in [2.75, 3.05) is 19.3 Å². The van der Waals surface area contributed by atoms with E-state index in [1.54, 1.807) is 45.2 Å². The van der Waals surface area contributed by atoms with Gasteiger partial charge in [-0.05, 0) is 32.9 Å². The van der Waals surface area contributed by atoms with Gasteiger partial charge >= 0.3 is 6.09 Å². The fourth-order valence-electron chi connectivity index (χ4n) is 1.63. The Hall–Kier alpha value is -1.67. The van der Waals surface area contributed by atoms with E-state index in [9.17, 15) is 13.2 Å². The number of rotatable bonds is 6. The second-order valence-corrected chi connectivity index (χ2v) is 7.83. The summed E-state index contributed by atoms with van der Waals surface area (Å²) in [7, 11) is -3.39. The minimum absolute atomic E-state index is 0.147. The molecule has 0 aliphatic rings. The number of aromatic nitrogens is 1. The zero-order valence-electron chi connectivity index (χ0n) is 13.4. The van der Waals surface area contributed by atoms with E-state index in [4.69, 9.17) is 4.74 Å². The second kappa shape index (κ2) is 7.55. The molecule has 0 unspecified atom stereocenters. The number of ether oxygens (including phenoxy) is 1. The highest BCUT2D eigenvalue weighted by Crippen LogP contribution is 2.07. The number of pyridine rings is 1. The normalized spacial score (nSPS) is 12.2. The van der Waals surface area contributed by atoms with Crippen LogP contribution in [0, 0.1) is 0 Å². The summed E-state index contributed by atoms with van der Waals surface area (Å²) in [5.41, 5.74) is 0.0550. The highest BCUT2D eigenvalue weighted by atomic mass is 32.2. The van der Waals surface area contributed by atoms with Gasteiger partial charge in [0.15, 0.2) is 0 Å². The Bertz CT molecular complexity index is 582. The van der Waals surface area contributed by atoms with Crippen molar-refractivity contribution in [3.63, 3.8) is 0 Å². The van der Waals surface area contributed by atoms with Gasteiger partial charge in [0.2, 0.25) is 10.0 Å². The lowest BCUT2D eigenvalue weighted by molar-refractivity contribution is 0.0525. The van der Waals surface area contributed by atoms with Crippen LogP contribution in [0.4, 0.5) is 4.79 Å². The second-order valence-electron chi connectivity index (χ2n) is 5.85. The molecule has 7 nitrogen and oxygen atoms in total. The summed E-state index contributed by atoms with van der Waals surface area (Å²) in [6.45, 7) is 5.75. The average Bonchev–Trinajstić information content (AvgIpc) is 2.35. The molecule has 124 valence electrons. The van der Waals surface area contributed by atoms with Gasteiger partial charge in [0.1, 0.15) is 5.60 Å². The molecule has 0 aliphatic carbocycles. The van der Waals surface area contributed by atoms with Crippen LogP contribution in [0.2, 0.25) is 0 Å². The first-order valence-electron chi connectivity index (χ1n) is 6.90. The van der Waals surface area contributed by atoms with Crippen molar-refractivity contribution in [1.29, 1.82) is 0 Å². The number of carbonyl (C=O) groups excluding carboxylic acids is 1. The Morgan fingerprint density at radius 3 is 2.55 bits per heavy atom. The van der Waals surface area contributed by atoms with Crippen LogP contribution >= 0.6 is 0 Å². The quantitative estimate of drug-likeness (QED) is 0.851. The molecule has 1 rings (SSSR count). The van der Waals surface area contributed by atoms with E-state index in [0.29, 0.717) is 5.69 Å². The third-order valence-electron chi connectivity index (χ3n) is 2.56. The first-order chi connectivity index (χ1) is 10.1. The van der Waals surface area contributed by atoms with E-state index in [2.05, 4.69) is 10.3 Å². The van der Waals surface area contributed by atoms with Gasteiger partial charge in [-0.2, -0.15) is 4.31 Å². The van der Waals surface area contributed by atoms with Crippen molar-refractivity contribution >= 4 is 16.1 Å². The van der Waals surface area contributed by atoms with Gasteiger partial charge in [0.05, 0.1) is 18.5 Å². The van der Waals surface area contributed by atoms with Crippen molar-refractivity contribution in [1.82, 2.24) is 14.6 Å². The van der Waals surface area contributed by atoms with Crippen LogP contribution < -0.4 is 5.32 Å². The Balaban J connectivity index is 2.55. The smallest absolute Gasteiger partial charge is 0.407 e. The Morgan fingerprint density at radius 2 is 2.05 bits per heavy atom. The molecule has 0 spiro atoms. The van der Waals surface area contributed by atoms with E-state index in [-0.39, 0.29) is 19.6 Å². The fraction of sp³-hybridized carbons (Fsp3) is 0.571. The van der Waals surface area contributed by atoms with Crippen molar-refractivity contribution in [2.24, 2.45) is 0 Å². The first-order valence-corrected chi connectivity index (χ1v) is 8.74. The van der Waals surface area contributed by atoms with Gasteiger partial charge in [-0.1, -0.05) is 6.07 Å². The van der Waals surface area contributed by atoms with E-state index < -0.39 is 21.7 Å². The van der Waals surface area contributed by atoms with Crippen LogP contribution in [0.5, 0.6) is 0 Å². The largest absolute Gasteiger partial charge is 0.444 e. The molecule has 1 amide bonds. The molecule has 8 heteroatoms. The molecule has 22 heavy (non-hydrogen) atoms. The zero-order valence-corrected chi connectivity index (χ0v) is 14.2.